The summed E-state index contributed by atoms with van der Waals surface area (Å²) < 4.78 is 39.9. The molecule has 0 spiro atoms. The maximum Gasteiger partial charge on any atom is 0.280 e. The number of hydrogen-bond acceptors (Lipinski definition) is 7. The molecule has 2 amide bonds. The number of hydrogen-bond donors (Lipinski definition) is 2. The van der Waals surface area contributed by atoms with Gasteiger partial charge in [-0.3, -0.25) is 9.59 Å². The second kappa shape index (κ2) is 11.3. The van der Waals surface area contributed by atoms with Crippen molar-refractivity contribution in [1.82, 2.24) is 14.8 Å². The Kier molecular flexibility index (Phi) is 7.19. The first kappa shape index (κ1) is 26.8. The van der Waals surface area contributed by atoms with Gasteiger partial charge in [-0.15, -0.1) is 11.3 Å². The van der Waals surface area contributed by atoms with Gasteiger partial charge in [-0.1, -0.05) is 42.5 Å². The van der Waals surface area contributed by atoms with Crippen LogP contribution in [0.25, 0.3) is 32.7 Å². The number of benzene rings is 2. The summed E-state index contributed by atoms with van der Waals surface area (Å²) in [5.41, 5.74) is 7.52. The van der Waals surface area contributed by atoms with Crippen molar-refractivity contribution in [3.63, 3.8) is 0 Å². The third kappa shape index (κ3) is 5.34. The molecule has 0 atom stereocenters. The van der Waals surface area contributed by atoms with E-state index >= 15 is 0 Å². The number of ether oxygens (including phenoxy) is 1. The predicted molar refractivity (Wildman–Crippen MR) is 153 cm³/mol. The lowest BCUT2D eigenvalue weighted by Gasteiger charge is -2.09. The van der Waals surface area contributed by atoms with Gasteiger partial charge in [0.2, 0.25) is 0 Å². The van der Waals surface area contributed by atoms with E-state index in [1.165, 1.54) is 17.0 Å². The number of nitrogens with one attached hydrogen (secondary N) is 1. The Bertz CT molecular complexity index is 1880. The smallest absolute Gasteiger partial charge is 0.280 e. The van der Waals surface area contributed by atoms with E-state index in [0.717, 1.165) is 28.5 Å². The van der Waals surface area contributed by atoms with Crippen LogP contribution in [0.5, 0.6) is 5.75 Å². The van der Waals surface area contributed by atoms with Crippen molar-refractivity contribution >= 4 is 39.1 Å². The molecule has 0 aliphatic carbocycles. The highest BCUT2D eigenvalue weighted by molar-refractivity contribution is 7.21. The van der Waals surface area contributed by atoms with Crippen LogP contribution in [0.3, 0.4) is 0 Å². The van der Waals surface area contributed by atoms with Crippen LogP contribution in [0.1, 0.15) is 32.3 Å². The van der Waals surface area contributed by atoms with E-state index in [1.54, 1.807) is 18.3 Å². The second-order valence-electron chi connectivity index (χ2n) is 9.08. The van der Waals surface area contributed by atoms with Crippen LogP contribution in [0.15, 0.2) is 95.7 Å². The van der Waals surface area contributed by atoms with E-state index in [9.17, 15) is 18.4 Å². The Morgan fingerprint density at radius 3 is 2.48 bits per heavy atom. The first-order valence-corrected chi connectivity index (χ1v) is 13.4. The molecule has 4 heterocycles. The molecule has 42 heavy (non-hydrogen) atoms. The highest BCUT2D eigenvalue weighted by Crippen LogP contribution is 2.42. The summed E-state index contributed by atoms with van der Waals surface area (Å²) in [5, 5.41) is 7.20. The fourth-order valence-corrected chi connectivity index (χ4v) is 5.41. The van der Waals surface area contributed by atoms with E-state index in [4.69, 9.17) is 14.9 Å². The minimum atomic E-state index is -2.87. The largest absolute Gasteiger partial charge is 0.471 e. The zero-order valence-corrected chi connectivity index (χ0v) is 22.5. The van der Waals surface area contributed by atoms with Gasteiger partial charge < -0.3 is 20.2 Å². The number of anilines is 1. The summed E-state index contributed by atoms with van der Waals surface area (Å²) in [6, 6.07) is 23.3. The Labute approximate surface area is 241 Å². The molecule has 12 heteroatoms. The average Bonchev–Trinajstić information content (AvgIpc) is 3.77. The molecule has 0 bridgehead atoms. The van der Waals surface area contributed by atoms with Gasteiger partial charge in [0.15, 0.2) is 12.4 Å². The van der Waals surface area contributed by atoms with Crippen LogP contribution in [0, 0.1) is 0 Å². The second-order valence-corrected chi connectivity index (χ2v) is 10.1. The Hall–Kier alpha value is -5.36. The van der Waals surface area contributed by atoms with E-state index in [0.29, 0.717) is 5.75 Å². The van der Waals surface area contributed by atoms with Crippen molar-refractivity contribution in [2.75, 3.05) is 5.32 Å². The number of carbonyl (C=O) groups excluding carboxylic acids is 2. The van der Waals surface area contributed by atoms with Gasteiger partial charge in [-0.05, 0) is 47.5 Å². The van der Waals surface area contributed by atoms with Crippen LogP contribution in [-0.4, -0.2) is 26.6 Å². The van der Waals surface area contributed by atoms with Crippen molar-refractivity contribution in [2.45, 2.75) is 13.2 Å². The van der Waals surface area contributed by atoms with Crippen LogP contribution in [-0.2, 0) is 6.73 Å². The van der Waals surface area contributed by atoms with E-state index in [-0.39, 0.29) is 44.5 Å². The van der Waals surface area contributed by atoms with Crippen molar-refractivity contribution in [2.24, 2.45) is 5.73 Å². The number of carbonyl (C=O) groups is 2. The molecule has 210 valence electrons. The SMILES string of the molecule is NC(=O)c1sc2nc(C(F)F)cc(-c3ccco3)c2c1NC(=O)c1ccn(COc2ccc(-c3ccccc3)cc2)n1. The van der Waals surface area contributed by atoms with Crippen LogP contribution < -0.4 is 15.8 Å². The van der Waals surface area contributed by atoms with Gasteiger partial charge in [0.05, 0.1) is 12.0 Å². The van der Waals surface area contributed by atoms with Crippen LogP contribution in [0.4, 0.5) is 14.5 Å². The molecule has 0 saturated carbocycles. The number of rotatable bonds is 9. The average molecular weight is 586 g/mol. The van der Waals surface area contributed by atoms with Crippen LogP contribution in [0.2, 0.25) is 0 Å². The molecular weight excluding hydrogens is 564 g/mol. The summed E-state index contributed by atoms with van der Waals surface area (Å²) in [5.74, 6) is -0.624. The minimum Gasteiger partial charge on any atom is -0.471 e. The maximum atomic E-state index is 13.6. The number of primary amides is 1. The summed E-state index contributed by atoms with van der Waals surface area (Å²) in [7, 11) is 0. The molecule has 4 aromatic heterocycles. The van der Waals surface area contributed by atoms with Gasteiger partial charge in [0.1, 0.15) is 26.9 Å². The first-order chi connectivity index (χ1) is 20.4. The minimum absolute atomic E-state index is 0.0319. The number of nitrogens with two attached hydrogens (primary N) is 1. The molecule has 9 nitrogen and oxygen atoms in total. The number of thiophene rings is 1. The lowest BCUT2D eigenvalue weighted by Crippen LogP contribution is -2.17. The van der Waals surface area contributed by atoms with Gasteiger partial charge in [-0.25, -0.2) is 18.4 Å². The molecular formula is C30H21F2N5O4S. The summed E-state index contributed by atoms with van der Waals surface area (Å²) in [6.07, 6.45) is 0.0854. The highest BCUT2D eigenvalue weighted by atomic mass is 32.1. The molecule has 0 unspecified atom stereocenters. The molecule has 0 radical (unpaired) electrons. The monoisotopic (exact) mass is 585 g/mol. The third-order valence-corrected chi connectivity index (χ3v) is 7.45. The molecule has 6 aromatic rings. The molecule has 0 saturated heterocycles. The van der Waals surface area contributed by atoms with Crippen molar-refractivity contribution in [3.8, 4) is 28.2 Å². The van der Waals surface area contributed by atoms with E-state index < -0.39 is 23.9 Å². The Morgan fingerprint density at radius 2 is 1.79 bits per heavy atom. The number of pyridine rings is 1. The number of aromatic nitrogens is 3. The van der Waals surface area contributed by atoms with Crippen molar-refractivity contribution in [3.05, 3.63) is 108 Å². The zero-order valence-electron chi connectivity index (χ0n) is 21.7. The molecule has 6 rings (SSSR count). The van der Waals surface area contributed by atoms with Gasteiger partial charge in [0, 0.05) is 17.1 Å². The number of fused-ring (bicyclic) bond motifs is 1. The standard InChI is InChI=1S/C30H21F2N5O4S/c31-27(32)22-15-20(23-7-4-14-40-23)24-25(26(28(33)38)42-30(24)34-22)35-29(39)21-12-13-37(36-21)16-41-19-10-8-18(9-11-19)17-5-2-1-3-6-17/h1-15,27H,16H2,(H2,33,38)(H,35,39). The normalized spacial score (nSPS) is 11.2. The van der Waals surface area contributed by atoms with Gasteiger partial charge in [-0.2, -0.15) is 5.10 Å². The highest BCUT2D eigenvalue weighted by Gasteiger charge is 2.26. The van der Waals surface area contributed by atoms with E-state index in [1.807, 2.05) is 54.6 Å². The quantitative estimate of drug-likeness (QED) is 0.193. The molecule has 0 aliphatic heterocycles. The lowest BCUT2D eigenvalue weighted by molar-refractivity contribution is 0.100. The summed E-state index contributed by atoms with van der Waals surface area (Å²) in [6.45, 7) is 0.0366. The molecule has 2 aromatic carbocycles. The molecule has 3 N–H and O–H groups in total. The number of halogens is 2. The van der Waals surface area contributed by atoms with Crippen molar-refractivity contribution in [1.29, 1.82) is 0 Å². The summed E-state index contributed by atoms with van der Waals surface area (Å²) in [4.78, 5) is 29.6. The topological polar surface area (TPSA) is 125 Å². The fraction of sp³-hybridized carbons (Fsp3) is 0.0667. The van der Waals surface area contributed by atoms with Crippen LogP contribution >= 0.6 is 11.3 Å². The number of furan rings is 1. The number of amides is 2. The fourth-order valence-electron chi connectivity index (χ4n) is 4.40. The van der Waals surface area contributed by atoms with E-state index in [2.05, 4.69) is 15.4 Å². The third-order valence-electron chi connectivity index (χ3n) is 6.35. The zero-order chi connectivity index (χ0) is 29.2. The van der Waals surface area contributed by atoms with Gasteiger partial charge in [0.25, 0.3) is 18.2 Å². The Balaban J connectivity index is 1.23. The molecule has 0 aliphatic rings. The van der Waals surface area contributed by atoms with Gasteiger partial charge >= 0.3 is 0 Å². The lowest BCUT2D eigenvalue weighted by atomic mass is 10.1. The van der Waals surface area contributed by atoms with Crippen molar-refractivity contribution < 1.29 is 27.5 Å². The number of nitrogens with zero attached hydrogens (tertiary/aromatic N) is 3. The first-order valence-electron chi connectivity index (χ1n) is 12.6. The number of alkyl halides is 2. The summed E-state index contributed by atoms with van der Waals surface area (Å²) >= 11 is 0.802. The maximum absolute atomic E-state index is 13.6. The predicted octanol–water partition coefficient (Wildman–Crippen LogP) is 6.75. The Morgan fingerprint density at radius 1 is 1.02 bits per heavy atom. The molecule has 0 fully saturated rings.